The zero-order valence-electron chi connectivity index (χ0n) is 8.01. The second kappa shape index (κ2) is 5.33. The minimum atomic E-state index is -0.0402. The highest BCUT2D eigenvalue weighted by atomic mass is 16.7. The molecule has 0 atom stereocenters. The molecule has 0 aromatic heterocycles. The smallest absolute Gasteiger partial charge is 0.179 e. The molecule has 1 rings (SSSR count). The fraction of sp³-hybridized carbons (Fsp3) is 0.800. The van der Waals surface area contributed by atoms with Gasteiger partial charge in [-0.1, -0.05) is 26.3 Å². The molecule has 0 saturated carbocycles. The highest BCUT2D eigenvalue weighted by Crippen LogP contribution is 2.17. The van der Waals surface area contributed by atoms with Crippen molar-refractivity contribution in [3.8, 4) is 0 Å². The van der Waals surface area contributed by atoms with Crippen LogP contribution in [-0.4, -0.2) is 19.5 Å². The molecule has 1 saturated heterocycles. The van der Waals surface area contributed by atoms with Gasteiger partial charge >= 0.3 is 0 Å². The summed E-state index contributed by atoms with van der Waals surface area (Å²) in [6.07, 6.45) is 5.56. The van der Waals surface area contributed by atoms with Gasteiger partial charge in [0.15, 0.2) is 6.29 Å². The fourth-order valence-electron chi connectivity index (χ4n) is 1.31. The fourth-order valence-corrected chi connectivity index (χ4v) is 1.31. The highest BCUT2D eigenvalue weighted by Gasteiger charge is 2.18. The number of hydrogen-bond acceptors (Lipinski definition) is 2. The maximum Gasteiger partial charge on any atom is 0.179 e. The molecule has 0 aromatic carbocycles. The van der Waals surface area contributed by atoms with Crippen LogP contribution in [0.4, 0.5) is 0 Å². The number of unbranched alkanes of at least 4 members (excludes halogenated alkanes) is 1. The molecular weight excluding hydrogens is 152 g/mol. The molecular formula is C10H18O2. The van der Waals surface area contributed by atoms with E-state index in [0.717, 1.165) is 26.1 Å². The van der Waals surface area contributed by atoms with E-state index in [1.165, 1.54) is 12.0 Å². The molecule has 0 N–H and O–H groups in total. The third kappa shape index (κ3) is 2.61. The third-order valence-corrected chi connectivity index (χ3v) is 2.03. The summed E-state index contributed by atoms with van der Waals surface area (Å²) in [4.78, 5) is 0. The molecule has 1 aliphatic heterocycles. The van der Waals surface area contributed by atoms with Gasteiger partial charge in [-0.15, -0.1) is 0 Å². The summed E-state index contributed by atoms with van der Waals surface area (Å²) in [5.74, 6) is 0. The summed E-state index contributed by atoms with van der Waals surface area (Å²) in [5, 5.41) is 0. The number of ether oxygens (including phenoxy) is 2. The van der Waals surface area contributed by atoms with Crippen molar-refractivity contribution in [2.24, 2.45) is 0 Å². The Morgan fingerprint density at radius 1 is 1.33 bits per heavy atom. The molecule has 12 heavy (non-hydrogen) atoms. The third-order valence-electron chi connectivity index (χ3n) is 2.03. The molecule has 0 unspecified atom stereocenters. The normalized spacial score (nSPS) is 20.3. The van der Waals surface area contributed by atoms with Crippen LogP contribution in [-0.2, 0) is 9.47 Å². The Morgan fingerprint density at radius 2 is 2.00 bits per heavy atom. The first-order valence-electron chi connectivity index (χ1n) is 4.80. The van der Waals surface area contributed by atoms with Crippen molar-refractivity contribution in [3.63, 3.8) is 0 Å². The van der Waals surface area contributed by atoms with Crippen molar-refractivity contribution in [1.82, 2.24) is 0 Å². The molecule has 70 valence electrons. The maximum atomic E-state index is 5.41. The average Bonchev–Trinajstić information content (AvgIpc) is 2.59. The predicted molar refractivity (Wildman–Crippen MR) is 49.0 cm³/mol. The molecule has 2 nitrogen and oxygen atoms in total. The van der Waals surface area contributed by atoms with Crippen LogP contribution in [0.2, 0.25) is 0 Å². The molecule has 2 heteroatoms. The Kier molecular flexibility index (Phi) is 4.33. The van der Waals surface area contributed by atoms with Crippen LogP contribution in [0.15, 0.2) is 11.6 Å². The Labute approximate surface area is 74.6 Å². The summed E-state index contributed by atoms with van der Waals surface area (Å²) in [5.41, 5.74) is 1.30. The summed E-state index contributed by atoms with van der Waals surface area (Å²) in [7, 11) is 0. The van der Waals surface area contributed by atoms with E-state index >= 15 is 0 Å². The standard InChI is InChI=1S/C10H18O2/c1-3-5-6-9(4-2)10-11-7-8-12-10/h6,10H,3-5,7-8H2,1-2H3/b9-6-. The molecule has 1 aliphatic rings. The van der Waals surface area contributed by atoms with E-state index < -0.39 is 0 Å². The Morgan fingerprint density at radius 3 is 2.50 bits per heavy atom. The first-order valence-corrected chi connectivity index (χ1v) is 4.80. The van der Waals surface area contributed by atoms with Crippen molar-refractivity contribution < 1.29 is 9.47 Å². The van der Waals surface area contributed by atoms with Crippen LogP contribution >= 0.6 is 0 Å². The van der Waals surface area contributed by atoms with E-state index in [4.69, 9.17) is 9.47 Å². The van der Waals surface area contributed by atoms with Gasteiger partial charge in [-0.25, -0.2) is 0 Å². The van der Waals surface area contributed by atoms with Gasteiger partial charge in [-0.3, -0.25) is 0 Å². The Hall–Kier alpha value is -0.340. The number of allylic oxidation sites excluding steroid dienone is 1. The second-order valence-corrected chi connectivity index (χ2v) is 2.99. The number of hydrogen-bond donors (Lipinski definition) is 0. The summed E-state index contributed by atoms with van der Waals surface area (Å²) >= 11 is 0. The quantitative estimate of drug-likeness (QED) is 0.603. The van der Waals surface area contributed by atoms with Crippen LogP contribution in [0.25, 0.3) is 0 Å². The highest BCUT2D eigenvalue weighted by molar-refractivity contribution is 5.05. The van der Waals surface area contributed by atoms with Crippen molar-refractivity contribution in [2.45, 2.75) is 39.4 Å². The zero-order valence-corrected chi connectivity index (χ0v) is 8.01. The molecule has 0 radical (unpaired) electrons. The molecule has 0 aliphatic carbocycles. The topological polar surface area (TPSA) is 18.5 Å². The van der Waals surface area contributed by atoms with Crippen LogP contribution in [0.3, 0.4) is 0 Å². The van der Waals surface area contributed by atoms with E-state index in [9.17, 15) is 0 Å². The van der Waals surface area contributed by atoms with Gasteiger partial charge < -0.3 is 9.47 Å². The Bertz CT molecular complexity index is 146. The minimum absolute atomic E-state index is 0.0402. The van der Waals surface area contributed by atoms with Crippen molar-refractivity contribution >= 4 is 0 Å². The SMILES string of the molecule is CCC/C=C(/CC)C1OCCO1. The molecule has 0 amide bonds. The zero-order chi connectivity index (χ0) is 8.81. The summed E-state index contributed by atoms with van der Waals surface area (Å²) < 4.78 is 10.8. The van der Waals surface area contributed by atoms with E-state index in [2.05, 4.69) is 19.9 Å². The average molecular weight is 170 g/mol. The monoisotopic (exact) mass is 170 g/mol. The largest absolute Gasteiger partial charge is 0.346 e. The van der Waals surface area contributed by atoms with Gasteiger partial charge in [-0.2, -0.15) is 0 Å². The van der Waals surface area contributed by atoms with E-state index in [0.29, 0.717) is 0 Å². The van der Waals surface area contributed by atoms with Gasteiger partial charge in [0.25, 0.3) is 0 Å². The minimum Gasteiger partial charge on any atom is -0.346 e. The predicted octanol–water partition coefficient (Wildman–Crippen LogP) is 2.50. The summed E-state index contributed by atoms with van der Waals surface area (Å²) in [6, 6.07) is 0. The lowest BCUT2D eigenvalue weighted by molar-refractivity contribution is -0.0132. The molecule has 1 fully saturated rings. The molecule has 0 spiro atoms. The van der Waals surface area contributed by atoms with Crippen molar-refractivity contribution in [2.75, 3.05) is 13.2 Å². The lowest BCUT2D eigenvalue weighted by Crippen LogP contribution is -2.10. The van der Waals surface area contributed by atoms with Crippen LogP contribution < -0.4 is 0 Å². The summed E-state index contributed by atoms with van der Waals surface area (Å²) in [6.45, 7) is 5.81. The van der Waals surface area contributed by atoms with Crippen LogP contribution in [0.1, 0.15) is 33.1 Å². The van der Waals surface area contributed by atoms with Gasteiger partial charge in [0.1, 0.15) is 0 Å². The molecule has 0 bridgehead atoms. The molecule has 1 heterocycles. The van der Waals surface area contributed by atoms with E-state index in [1.807, 2.05) is 0 Å². The van der Waals surface area contributed by atoms with E-state index in [1.54, 1.807) is 0 Å². The van der Waals surface area contributed by atoms with Gasteiger partial charge in [0.2, 0.25) is 0 Å². The Balaban J connectivity index is 2.42. The van der Waals surface area contributed by atoms with E-state index in [-0.39, 0.29) is 6.29 Å². The van der Waals surface area contributed by atoms with Gasteiger partial charge in [0.05, 0.1) is 13.2 Å². The maximum absolute atomic E-state index is 5.41. The van der Waals surface area contributed by atoms with Gasteiger partial charge in [0, 0.05) is 0 Å². The first kappa shape index (κ1) is 9.75. The second-order valence-electron chi connectivity index (χ2n) is 2.99. The molecule has 0 aromatic rings. The first-order chi connectivity index (χ1) is 5.88. The lowest BCUT2D eigenvalue weighted by atomic mass is 10.1. The van der Waals surface area contributed by atoms with Crippen LogP contribution in [0.5, 0.6) is 0 Å². The van der Waals surface area contributed by atoms with Crippen LogP contribution in [0, 0.1) is 0 Å². The van der Waals surface area contributed by atoms with Gasteiger partial charge in [-0.05, 0) is 18.4 Å². The number of rotatable bonds is 4. The van der Waals surface area contributed by atoms with Crippen molar-refractivity contribution in [3.05, 3.63) is 11.6 Å². The lowest BCUT2D eigenvalue weighted by Gasteiger charge is -2.11. The van der Waals surface area contributed by atoms with Crippen molar-refractivity contribution in [1.29, 1.82) is 0 Å².